The predicted octanol–water partition coefficient (Wildman–Crippen LogP) is 3.53. The first-order valence-corrected chi connectivity index (χ1v) is 9.84. The van der Waals surface area contributed by atoms with E-state index in [0.717, 1.165) is 27.9 Å². The van der Waals surface area contributed by atoms with Crippen LogP contribution in [0.5, 0.6) is 0 Å². The Bertz CT molecular complexity index is 935. The van der Waals surface area contributed by atoms with Crippen LogP contribution in [-0.2, 0) is 9.59 Å². The smallest absolute Gasteiger partial charge is 0.324 e. The highest BCUT2D eigenvalue weighted by atomic mass is 16.2. The van der Waals surface area contributed by atoms with Gasteiger partial charge in [0.25, 0.3) is 0 Å². The molecule has 3 N–H and O–H groups in total. The van der Waals surface area contributed by atoms with Crippen molar-refractivity contribution in [2.45, 2.75) is 40.7 Å². The number of anilines is 2. The Morgan fingerprint density at radius 3 is 2.17 bits per heavy atom. The Hall–Kier alpha value is -3.19. The number of urea groups is 1. The fraction of sp³-hybridized carbons (Fsp3) is 0.348. The van der Waals surface area contributed by atoms with Gasteiger partial charge in [-0.05, 0) is 64.4 Å². The topological polar surface area (TPSA) is 90.5 Å². The lowest BCUT2D eigenvalue weighted by Gasteiger charge is -2.23. The number of imide groups is 1. The van der Waals surface area contributed by atoms with E-state index in [0.29, 0.717) is 5.69 Å². The minimum Gasteiger partial charge on any atom is -0.324 e. The first-order chi connectivity index (χ1) is 14.1. The molecule has 160 valence electrons. The first kappa shape index (κ1) is 23.1. The van der Waals surface area contributed by atoms with Crippen molar-refractivity contribution in [3.05, 3.63) is 58.7 Å². The van der Waals surface area contributed by atoms with E-state index in [4.69, 9.17) is 0 Å². The maximum absolute atomic E-state index is 12.4. The summed E-state index contributed by atoms with van der Waals surface area (Å²) in [5.74, 6) is -0.714. The van der Waals surface area contributed by atoms with Gasteiger partial charge in [-0.25, -0.2) is 4.79 Å². The Balaban J connectivity index is 1.90. The van der Waals surface area contributed by atoms with Crippen molar-refractivity contribution in [1.29, 1.82) is 0 Å². The summed E-state index contributed by atoms with van der Waals surface area (Å²) >= 11 is 0. The standard InChI is InChI=1S/C23H30N4O3/c1-14-10-11-19(17(4)12-14)24-23(30)26-22(29)18(5)27(6)13-20(28)25-21-15(2)8-7-9-16(21)3/h7-12,18H,13H2,1-6H3,(H,25,28)(H2,24,26,29,30)/t18-/m1/s1. The number of para-hydroxylation sites is 1. The normalized spacial score (nSPS) is 11.7. The van der Waals surface area contributed by atoms with Crippen molar-refractivity contribution in [3.8, 4) is 0 Å². The number of nitrogens with one attached hydrogen (secondary N) is 3. The molecule has 2 aromatic carbocycles. The fourth-order valence-corrected chi connectivity index (χ4v) is 3.08. The van der Waals surface area contributed by atoms with Gasteiger partial charge in [0, 0.05) is 11.4 Å². The lowest BCUT2D eigenvalue weighted by molar-refractivity contribution is -0.125. The van der Waals surface area contributed by atoms with Crippen molar-refractivity contribution in [3.63, 3.8) is 0 Å². The van der Waals surface area contributed by atoms with Crippen LogP contribution in [0, 0.1) is 27.7 Å². The molecule has 0 heterocycles. The second-order valence-electron chi connectivity index (χ2n) is 7.67. The van der Waals surface area contributed by atoms with E-state index in [9.17, 15) is 14.4 Å². The van der Waals surface area contributed by atoms with Gasteiger partial charge in [-0.3, -0.25) is 19.8 Å². The highest BCUT2D eigenvalue weighted by molar-refractivity contribution is 6.03. The van der Waals surface area contributed by atoms with Crippen molar-refractivity contribution in [2.24, 2.45) is 0 Å². The number of hydrogen-bond donors (Lipinski definition) is 3. The van der Waals surface area contributed by atoms with E-state index >= 15 is 0 Å². The molecule has 0 aliphatic rings. The minimum atomic E-state index is -0.668. The number of carbonyl (C=O) groups is 3. The Morgan fingerprint density at radius 1 is 0.933 bits per heavy atom. The number of nitrogens with zero attached hydrogens (tertiary/aromatic N) is 1. The molecule has 7 nitrogen and oxygen atoms in total. The molecule has 0 saturated heterocycles. The van der Waals surface area contributed by atoms with Crippen LogP contribution >= 0.6 is 0 Å². The number of benzene rings is 2. The lowest BCUT2D eigenvalue weighted by Crippen LogP contribution is -2.48. The van der Waals surface area contributed by atoms with E-state index in [2.05, 4.69) is 16.0 Å². The zero-order valence-corrected chi connectivity index (χ0v) is 18.4. The van der Waals surface area contributed by atoms with Crippen molar-refractivity contribution in [1.82, 2.24) is 10.2 Å². The largest absolute Gasteiger partial charge is 0.325 e. The van der Waals surface area contributed by atoms with Crippen molar-refractivity contribution < 1.29 is 14.4 Å². The maximum atomic E-state index is 12.4. The molecule has 4 amide bonds. The van der Waals surface area contributed by atoms with E-state index in [1.165, 1.54) is 0 Å². The van der Waals surface area contributed by atoms with Gasteiger partial charge >= 0.3 is 6.03 Å². The molecule has 0 aliphatic carbocycles. The summed E-state index contributed by atoms with van der Waals surface area (Å²) in [6, 6.07) is 10.1. The van der Waals surface area contributed by atoms with Gasteiger partial charge in [0.2, 0.25) is 11.8 Å². The van der Waals surface area contributed by atoms with Gasteiger partial charge in [0.1, 0.15) is 0 Å². The molecule has 0 bridgehead atoms. The molecule has 0 aromatic heterocycles. The van der Waals surface area contributed by atoms with Crippen molar-refractivity contribution >= 4 is 29.2 Å². The quantitative estimate of drug-likeness (QED) is 0.680. The zero-order chi connectivity index (χ0) is 22.4. The van der Waals surface area contributed by atoms with Gasteiger partial charge in [-0.2, -0.15) is 0 Å². The fourth-order valence-electron chi connectivity index (χ4n) is 3.08. The molecule has 0 fully saturated rings. The highest BCUT2D eigenvalue weighted by Gasteiger charge is 2.22. The molecule has 7 heteroatoms. The van der Waals surface area contributed by atoms with Crippen LogP contribution in [-0.4, -0.2) is 42.4 Å². The summed E-state index contributed by atoms with van der Waals surface area (Å²) < 4.78 is 0. The third kappa shape index (κ3) is 6.15. The number of amides is 4. The van der Waals surface area contributed by atoms with Crippen LogP contribution in [0.2, 0.25) is 0 Å². The van der Waals surface area contributed by atoms with E-state index < -0.39 is 18.0 Å². The summed E-state index contributed by atoms with van der Waals surface area (Å²) in [4.78, 5) is 38.6. The molecule has 1 atom stereocenters. The van der Waals surface area contributed by atoms with Gasteiger partial charge in [0.05, 0.1) is 12.6 Å². The second-order valence-corrected chi connectivity index (χ2v) is 7.67. The highest BCUT2D eigenvalue weighted by Crippen LogP contribution is 2.19. The Morgan fingerprint density at radius 2 is 1.57 bits per heavy atom. The van der Waals surface area contributed by atoms with Crippen LogP contribution < -0.4 is 16.0 Å². The summed E-state index contributed by atoms with van der Waals surface area (Å²) in [5.41, 5.74) is 5.36. The average molecular weight is 411 g/mol. The Kier molecular flexibility index (Phi) is 7.72. The molecular weight excluding hydrogens is 380 g/mol. The van der Waals surface area contributed by atoms with Crippen LogP contribution in [0.25, 0.3) is 0 Å². The SMILES string of the molecule is Cc1ccc(NC(=O)NC(=O)[C@@H](C)N(C)CC(=O)Nc2c(C)cccc2C)c(C)c1. The molecule has 0 aliphatic heterocycles. The molecule has 0 saturated carbocycles. The van der Waals surface area contributed by atoms with Crippen LogP contribution in [0.1, 0.15) is 29.2 Å². The minimum absolute atomic E-state index is 0.0149. The van der Waals surface area contributed by atoms with Gasteiger partial charge in [-0.15, -0.1) is 0 Å². The van der Waals surface area contributed by atoms with Gasteiger partial charge < -0.3 is 10.6 Å². The summed E-state index contributed by atoms with van der Waals surface area (Å²) in [6.45, 7) is 9.37. The monoisotopic (exact) mass is 410 g/mol. The van der Waals surface area contributed by atoms with Crippen LogP contribution in [0.3, 0.4) is 0 Å². The number of aryl methyl sites for hydroxylation is 4. The predicted molar refractivity (Wildman–Crippen MR) is 120 cm³/mol. The van der Waals surface area contributed by atoms with E-state index in [-0.39, 0.29) is 12.5 Å². The molecule has 2 rings (SSSR count). The number of carbonyl (C=O) groups excluding carboxylic acids is 3. The van der Waals surface area contributed by atoms with E-state index in [1.54, 1.807) is 24.9 Å². The van der Waals surface area contributed by atoms with E-state index in [1.807, 2.05) is 58.0 Å². The molecule has 2 aromatic rings. The molecular formula is C23H30N4O3. The zero-order valence-electron chi connectivity index (χ0n) is 18.4. The molecule has 0 radical (unpaired) electrons. The van der Waals surface area contributed by atoms with Crippen LogP contribution in [0.15, 0.2) is 36.4 Å². The number of rotatable bonds is 6. The Labute approximate surface area is 177 Å². The maximum Gasteiger partial charge on any atom is 0.325 e. The number of hydrogen-bond acceptors (Lipinski definition) is 4. The average Bonchev–Trinajstić information content (AvgIpc) is 2.66. The third-order valence-corrected chi connectivity index (χ3v) is 5.05. The van der Waals surface area contributed by atoms with Crippen molar-refractivity contribution in [2.75, 3.05) is 24.2 Å². The summed E-state index contributed by atoms with van der Waals surface area (Å²) in [7, 11) is 1.66. The molecule has 0 unspecified atom stereocenters. The lowest BCUT2D eigenvalue weighted by atomic mass is 10.1. The second kappa shape index (κ2) is 10.0. The molecule has 30 heavy (non-hydrogen) atoms. The summed E-state index contributed by atoms with van der Waals surface area (Å²) in [5, 5.41) is 7.90. The van der Waals surface area contributed by atoms with Gasteiger partial charge in [-0.1, -0.05) is 35.9 Å². The van der Waals surface area contributed by atoms with Gasteiger partial charge in [0.15, 0.2) is 0 Å². The first-order valence-electron chi connectivity index (χ1n) is 9.84. The number of likely N-dealkylation sites (N-methyl/N-ethyl adjacent to an activating group) is 1. The third-order valence-electron chi connectivity index (χ3n) is 5.05. The van der Waals surface area contributed by atoms with Crippen LogP contribution in [0.4, 0.5) is 16.2 Å². The summed E-state index contributed by atoms with van der Waals surface area (Å²) in [6.07, 6.45) is 0. The molecule has 0 spiro atoms.